The van der Waals surface area contributed by atoms with Crippen LogP contribution in [0.1, 0.15) is 65.9 Å². The second-order valence-corrected chi connectivity index (χ2v) is 11.9. The number of rotatable bonds is 4. The van der Waals surface area contributed by atoms with Gasteiger partial charge in [-0.25, -0.2) is 0 Å². The van der Waals surface area contributed by atoms with Gasteiger partial charge in [-0.3, -0.25) is 4.79 Å². The van der Waals surface area contributed by atoms with E-state index >= 15 is 0 Å². The standard InChI is InChI=1S/C36H31NO/c1-21(37(6)30-16-9-12-22-11-7-8-13-25(22)30)24-17-18-28-33-31(24)23(20-38)19-29-34(33)32-26(35(28,2)3)14-10-15-27(32)36(29,4)5/h7-20H,1H2,2-6H3. The van der Waals surface area contributed by atoms with Crippen LogP contribution < -0.4 is 4.90 Å². The van der Waals surface area contributed by atoms with E-state index < -0.39 is 0 Å². The van der Waals surface area contributed by atoms with Gasteiger partial charge < -0.3 is 4.90 Å². The van der Waals surface area contributed by atoms with Gasteiger partial charge in [-0.15, -0.1) is 0 Å². The van der Waals surface area contributed by atoms with Gasteiger partial charge in [-0.1, -0.05) is 101 Å². The fourth-order valence-electron chi connectivity index (χ4n) is 7.18. The third-order valence-corrected chi connectivity index (χ3v) is 9.29. The largest absolute Gasteiger partial charge is 0.344 e. The van der Waals surface area contributed by atoms with Gasteiger partial charge in [-0.2, -0.15) is 0 Å². The maximum Gasteiger partial charge on any atom is 0.150 e. The second-order valence-electron chi connectivity index (χ2n) is 11.9. The Morgan fingerprint density at radius 3 is 2.13 bits per heavy atom. The highest BCUT2D eigenvalue weighted by atomic mass is 16.1. The van der Waals surface area contributed by atoms with Gasteiger partial charge in [0.1, 0.15) is 0 Å². The van der Waals surface area contributed by atoms with Gasteiger partial charge in [0.05, 0.1) is 0 Å². The summed E-state index contributed by atoms with van der Waals surface area (Å²) in [5, 5.41) is 4.60. The zero-order valence-electron chi connectivity index (χ0n) is 22.6. The molecular formula is C36H31NO. The molecule has 0 aliphatic heterocycles. The molecule has 7 rings (SSSR count). The van der Waals surface area contributed by atoms with E-state index in [1.54, 1.807) is 0 Å². The van der Waals surface area contributed by atoms with Crippen molar-refractivity contribution in [1.82, 2.24) is 0 Å². The smallest absolute Gasteiger partial charge is 0.150 e. The van der Waals surface area contributed by atoms with Gasteiger partial charge >= 0.3 is 0 Å². The number of anilines is 1. The Labute approximate surface area is 224 Å². The molecule has 0 amide bonds. The first-order chi connectivity index (χ1) is 18.2. The van der Waals surface area contributed by atoms with E-state index in [1.165, 1.54) is 49.5 Å². The zero-order valence-corrected chi connectivity index (χ0v) is 22.6. The third kappa shape index (κ3) is 2.70. The van der Waals surface area contributed by atoms with Crippen LogP contribution >= 0.6 is 0 Å². The molecule has 2 heteroatoms. The number of carbonyl (C=O) groups is 1. The molecule has 0 unspecified atom stereocenters. The fraction of sp³-hybridized carbons (Fsp3) is 0.194. The summed E-state index contributed by atoms with van der Waals surface area (Å²) in [5.41, 5.74) is 11.3. The molecule has 0 saturated heterocycles. The third-order valence-electron chi connectivity index (χ3n) is 9.29. The first kappa shape index (κ1) is 23.0. The first-order valence-corrected chi connectivity index (χ1v) is 13.3. The van der Waals surface area contributed by atoms with Crippen LogP contribution in [0.25, 0.3) is 38.4 Å². The van der Waals surface area contributed by atoms with Crippen LogP contribution in [-0.4, -0.2) is 13.3 Å². The van der Waals surface area contributed by atoms with Crippen molar-refractivity contribution in [3.05, 3.63) is 119 Å². The molecule has 0 aromatic heterocycles. The molecular weight excluding hydrogens is 462 g/mol. The molecule has 5 aromatic rings. The fourth-order valence-corrected chi connectivity index (χ4v) is 7.18. The SMILES string of the molecule is C=C(c1ccc2c3c4c(cc(C=O)c13)C(C)(C)c1cccc(c1-4)C2(C)C)N(C)c1cccc2ccccc12. The molecule has 0 atom stereocenters. The second kappa shape index (κ2) is 7.45. The van der Waals surface area contributed by atoms with Gasteiger partial charge in [0.2, 0.25) is 0 Å². The first-order valence-electron chi connectivity index (χ1n) is 13.3. The molecule has 0 N–H and O–H groups in total. The molecule has 2 nitrogen and oxygen atoms in total. The van der Waals surface area contributed by atoms with Gasteiger partial charge in [0, 0.05) is 51.2 Å². The quantitative estimate of drug-likeness (QED) is 0.233. The summed E-state index contributed by atoms with van der Waals surface area (Å²) in [7, 11) is 2.07. The Hall–Kier alpha value is -4.17. The number of benzene rings is 5. The summed E-state index contributed by atoms with van der Waals surface area (Å²) in [6, 6.07) is 28.1. The summed E-state index contributed by atoms with van der Waals surface area (Å²) in [6.45, 7) is 13.8. The summed E-state index contributed by atoms with van der Waals surface area (Å²) in [4.78, 5) is 14.9. The van der Waals surface area contributed by atoms with E-state index in [4.69, 9.17) is 0 Å². The normalized spacial score (nSPS) is 15.6. The number of carbonyl (C=O) groups excluding carboxylic acids is 1. The van der Waals surface area contributed by atoms with Gasteiger partial charge in [0.25, 0.3) is 0 Å². The van der Waals surface area contributed by atoms with Crippen LogP contribution in [0.15, 0.2) is 85.4 Å². The maximum absolute atomic E-state index is 12.7. The van der Waals surface area contributed by atoms with E-state index in [0.29, 0.717) is 0 Å². The van der Waals surface area contributed by atoms with Crippen molar-refractivity contribution in [1.29, 1.82) is 0 Å². The van der Waals surface area contributed by atoms with Crippen LogP contribution in [0.5, 0.6) is 0 Å². The maximum atomic E-state index is 12.7. The lowest BCUT2D eigenvalue weighted by atomic mass is 9.67. The zero-order chi connectivity index (χ0) is 26.6. The summed E-state index contributed by atoms with van der Waals surface area (Å²) >= 11 is 0. The van der Waals surface area contributed by atoms with E-state index in [-0.39, 0.29) is 10.8 Å². The minimum atomic E-state index is -0.183. The van der Waals surface area contributed by atoms with Crippen LogP contribution in [0.4, 0.5) is 5.69 Å². The summed E-state index contributed by atoms with van der Waals surface area (Å²) in [5.74, 6) is 0. The average Bonchev–Trinajstić information content (AvgIpc) is 3.16. The Morgan fingerprint density at radius 1 is 0.737 bits per heavy atom. The molecule has 0 fully saturated rings. The predicted octanol–water partition coefficient (Wildman–Crippen LogP) is 8.86. The molecule has 0 bridgehead atoms. The van der Waals surface area contributed by atoms with Crippen LogP contribution in [0.3, 0.4) is 0 Å². The van der Waals surface area contributed by atoms with Crippen molar-refractivity contribution in [2.75, 3.05) is 11.9 Å². The molecule has 186 valence electrons. The highest BCUT2D eigenvalue weighted by Crippen LogP contribution is 2.60. The van der Waals surface area contributed by atoms with Crippen LogP contribution in [0.2, 0.25) is 0 Å². The van der Waals surface area contributed by atoms with Crippen LogP contribution in [0, 0.1) is 0 Å². The van der Waals surface area contributed by atoms with Crippen molar-refractivity contribution in [3.63, 3.8) is 0 Å². The minimum absolute atomic E-state index is 0.170. The van der Waals surface area contributed by atoms with Crippen molar-refractivity contribution in [2.45, 2.75) is 38.5 Å². The highest BCUT2D eigenvalue weighted by molar-refractivity contribution is 6.17. The Kier molecular flexibility index (Phi) is 4.50. The topological polar surface area (TPSA) is 20.3 Å². The highest BCUT2D eigenvalue weighted by Gasteiger charge is 2.45. The number of hydrogen-bond acceptors (Lipinski definition) is 2. The average molecular weight is 494 g/mol. The van der Waals surface area contributed by atoms with Crippen molar-refractivity contribution < 1.29 is 4.79 Å². The molecule has 2 aliphatic rings. The Balaban J connectivity index is 1.55. The molecule has 5 aromatic carbocycles. The molecule has 0 spiro atoms. The van der Waals surface area contributed by atoms with Crippen molar-refractivity contribution >= 4 is 39.2 Å². The lowest BCUT2D eigenvalue weighted by Gasteiger charge is -2.36. The molecule has 2 aliphatic carbocycles. The number of fused-ring (bicyclic) bond motifs is 1. The Bertz CT molecular complexity index is 1870. The molecule has 0 saturated carbocycles. The van der Waals surface area contributed by atoms with E-state index in [1.807, 2.05) is 0 Å². The van der Waals surface area contributed by atoms with E-state index in [0.717, 1.165) is 34.2 Å². The lowest BCUT2D eigenvalue weighted by molar-refractivity contribution is 0.112. The molecule has 0 heterocycles. The van der Waals surface area contributed by atoms with Gasteiger partial charge in [0.15, 0.2) is 6.29 Å². The Morgan fingerprint density at radius 2 is 1.39 bits per heavy atom. The van der Waals surface area contributed by atoms with Crippen molar-refractivity contribution in [3.8, 4) is 11.1 Å². The van der Waals surface area contributed by atoms with Crippen LogP contribution in [-0.2, 0) is 10.8 Å². The van der Waals surface area contributed by atoms with Gasteiger partial charge in [-0.05, 0) is 56.3 Å². The minimum Gasteiger partial charge on any atom is -0.344 e. The molecule has 0 radical (unpaired) electrons. The summed E-state index contributed by atoms with van der Waals surface area (Å²) < 4.78 is 0. The molecule has 38 heavy (non-hydrogen) atoms. The number of aldehydes is 1. The number of nitrogens with zero attached hydrogens (tertiary/aromatic N) is 1. The number of hydrogen-bond donors (Lipinski definition) is 0. The van der Waals surface area contributed by atoms with E-state index in [2.05, 4.69) is 125 Å². The van der Waals surface area contributed by atoms with E-state index in [9.17, 15) is 4.79 Å². The lowest BCUT2D eigenvalue weighted by Crippen LogP contribution is -2.24. The predicted molar refractivity (Wildman–Crippen MR) is 160 cm³/mol. The summed E-state index contributed by atoms with van der Waals surface area (Å²) in [6.07, 6.45) is 1.04. The van der Waals surface area contributed by atoms with Crippen molar-refractivity contribution in [2.24, 2.45) is 0 Å². The monoisotopic (exact) mass is 493 g/mol.